The average molecular weight is 509 g/mol. The van der Waals surface area contributed by atoms with Gasteiger partial charge >= 0.3 is 0 Å². The van der Waals surface area contributed by atoms with Gasteiger partial charge in [0.05, 0.1) is 17.5 Å². The summed E-state index contributed by atoms with van der Waals surface area (Å²) in [7, 11) is 0. The van der Waals surface area contributed by atoms with Crippen LogP contribution in [0.3, 0.4) is 0 Å². The molecule has 37 heavy (non-hydrogen) atoms. The monoisotopic (exact) mass is 508 g/mol. The molecule has 0 saturated carbocycles. The highest BCUT2D eigenvalue weighted by molar-refractivity contribution is 7.99. The fourth-order valence-electron chi connectivity index (χ4n) is 4.13. The lowest BCUT2D eigenvalue weighted by Gasteiger charge is -2.21. The summed E-state index contributed by atoms with van der Waals surface area (Å²) in [5.74, 6) is 0.699. The molecule has 0 fully saturated rings. The molecular weight excluding hydrogens is 488 g/mol. The second-order valence-corrected chi connectivity index (χ2v) is 9.35. The maximum Gasteiger partial charge on any atom is 0.291 e. The van der Waals surface area contributed by atoms with E-state index in [4.69, 9.17) is 8.94 Å². The van der Waals surface area contributed by atoms with E-state index in [0.29, 0.717) is 29.5 Å². The number of hydrogen-bond donors (Lipinski definition) is 1. The van der Waals surface area contributed by atoms with E-state index in [-0.39, 0.29) is 17.6 Å². The van der Waals surface area contributed by atoms with Gasteiger partial charge in [0, 0.05) is 33.2 Å². The molecule has 8 nitrogen and oxygen atoms in total. The molecule has 5 aromatic rings. The SMILES string of the molecule is CCN1C(=O)c2ccccc2Sc2cc(-c3noc(-c4ccc(NC(=O)c5ccco5)cc4)n3)ccc21. The van der Waals surface area contributed by atoms with E-state index in [1.165, 1.54) is 6.26 Å². The van der Waals surface area contributed by atoms with Gasteiger partial charge in [-0.3, -0.25) is 9.59 Å². The predicted molar refractivity (Wildman–Crippen MR) is 140 cm³/mol. The molecule has 0 unspecified atom stereocenters. The summed E-state index contributed by atoms with van der Waals surface area (Å²) in [4.78, 5) is 33.5. The Morgan fingerprint density at radius 1 is 0.973 bits per heavy atom. The van der Waals surface area contributed by atoms with Crippen LogP contribution in [0, 0.1) is 0 Å². The quantitative estimate of drug-likeness (QED) is 0.294. The van der Waals surface area contributed by atoms with Crippen LogP contribution in [0.1, 0.15) is 27.8 Å². The largest absolute Gasteiger partial charge is 0.459 e. The van der Waals surface area contributed by atoms with Crippen LogP contribution in [-0.4, -0.2) is 28.5 Å². The Bertz CT molecular complexity index is 1610. The topological polar surface area (TPSA) is 101 Å². The minimum atomic E-state index is -0.329. The number of nitrogens with zero attached hydrogens (tertiary/aromatic N) is 3. The second-order valence-electron chi connectivity index (χ2n) is 8.26. The minimum Gasteiger partial charge on any atom is -0.459 e. The van der Waals surface area contributed by atoms with Crippen molar-refractivity contribution < 1.29 is 18.5 Å². The van der Waals surface area contributed by atoms with Crippen molar-refractivity contribution in [3.63, 3.8) is 0 Å². The first-order chi connectivity index (χ1) is 18.1. The number of hydrogen-bond acceptors (Lipinski definition) is 7. The van der Waals surface area contributed by atoms with E-state index in [2.05, 4.69) is 15.5 Å². The van der Waals surface area contributed by atoms with E-state index in [9.17, 15) is 9.59 Å². The molecule has 182 valence electrons. The number of fused-ring (bicyclic) bond motifs is 2. The van der Waals surface area contributed by atoms with Gasteiger partial charge in [-0.15, -0.1) is 0 Å². The van der Waals surface area contributed by atoms with Crippen molar-refractivity contribution in [1.82, 2.24) is 10.1 Å². The van der Waals surface area contributed by atoms with E-state index in [1.807, 2.05) is 49.4 Å². The molecule has 0 aliphatic carbocycles. The van der Waals surface area contributed by atoms with Crippen molar-refractivity contribution in [3.05, 3.63) is 96.4 Å². The van der Waals surface area contributed by atoms with Crippen molar-refractivity contribution in [2.75, 3.05) is 16.8 Å². The van der Waals surface area contributed by atoms with E-state index < -0.39 is 0 Å². The fraction of sp³-hybridized carbons (Fsp3) is 0.0714. The molecule has 9 heteroatoms. The molecule has 2 amide bonds. The van der Waals surface area contributed by atoms with Gasteiger partial charge in [-0.25, -0.2) is 0 Å². The van der Waals surface area contributed by atoms with Crippen LogP contribution >= 0.6 is 11.8 Å². The molecule has 0 spiro atoms. The van der Waals surface area contributed by atoms with Gasteiger partial charge in [-0.05, 0) is 73.7 Å². The Hall–Kier alpha value is -4.63. The number of furan rings is 1. The van der Waals surface area contributed by atoms with Crippen LogP contribution in [0.15, 0.2) is 104 Å². The second kappa shape index (κ2) is 9.44. The number of anilines is 2. The van der Waals surface area contributed by atoms with Crippen LogP contribution in [-0.2, 0) is 0 Å². The molecule has 2 aromatic heterocycles. The zero-order valence-electron chi connectivity index (χ0n) is 19.7. The summed E-state index contributed by atoms with van der Waals surface area (Å²) >= 11 is 1.55. The van der Waals surface area contributed by atoms with Gasteiger partial charge in [0.25, 0.3) is 17.7 Å². The molecular formula is C28H20N4O4S. The molecule has 3 heterocycles. The van der Waals surface area contributed by atoms with Gasteiger partial charge in [0.15, 0.2) is 5.76 Å². The Morgan fingerprint density at radius 3 is 2.57 bits per heavy atom. The summed E-state index contributed by atoms with van der Waals surface area (Å²) in [5, 5.41) is 6.96. The maximum absolute atomic E-state index is 13.1. The number of amides is 2. The summed E-state index contributed by atoms with van der Waals surface area (Å²) in [5.41, 5.74) is 3.66. The first-order valence-electron chi connectivity index (χ1n) is 11.6. The van der Waals surface area contributed by atoms with E-state index >= 15 is 0 Å². The summed E-state index contributed by atoms with van der Waals surface area (Å²) < 4.78 is 10.7. The smallest absolute Gasteiger partial charge is 0.291 e. The fourth-order valence-corrected chi connectivity index (χ4v) is 5.25. The summed E-state index contributed by atoms with van der Waals surface area (Å²) in [6.07, 6.45) is 1.45. The lowest BCUT2D eigenvalue weighted by Crippen LogP contribution is -2.30. The Morgan fingerprint density at radius 2 is 1.78 bits per heavy atom. The number of carbonyl (C=O) groups is 2. The van der Waals surface area contributed by atoms with Crippen molar-refractivity contribution in [3.8, 4) is 22.8 Å². The molecule has 0 atom stereocenters. The third-order valence-electron chi connectivity index (χ3n) is 5.97. The zero-order chi connectivity index (χ0) is 25.4. The van der Waals surface area contributed by atoms with Crippen molar-refractivity contribution in [2.24, 2.45) is 0 Å². The van der Waals surface area contributed by atoms with E-state index in [1.54, 1.807) is 53.1 Å². The number of nitrogens with one attached hydrogen (secondary N) is 1. The highest BCUT2D eigenvalue weighted by Gasteiger charge is 2.26. The number of rotatable bonds is 5. The van der Waals surface area contributed by atoms with Crippen LogP contribution < -0.4 is 10.2 Å². The Kier molecular flexibility index (Phi) is 5.82. The van der Waals surface area contributed by atoms with Crippen LogP contribution in [0.2, 0.25) is 0 Å². The standard InChI is InChI=1S/C28H20N4O4S/c1-2-32-21-14-11-18(16-24(21)37-23-8-4-3-6-20(23)28(32)34)25-30-27(36-31-25)17-9-12-19(13-10-17)29-26(33)22-7-5-15-35-22/h3-16H,2H2,1H3,(H,29,33). The van der Waals surface area contributed by atoms with E-state index in [0.717, 1.165) is 26.6 Å². The third kappa shape index (κ3) is 4.30. The normalized spacial score (nSPS) is 12.6. The third-order valence-corrected chi connectivity index (χ3v) is 7.09. The highest BCUT2D eigenvalue weighted by Crippen LogP contribution is 2.42. The van der Waals surface area contributed by atoms with Gasteiger partial charge < -0.3 is 19.2 Å². The summed E-state index contributed by atoms with van der Waals surface area (Å²) in [6.45, 7) is 2.53. The molecule has 1 aliphatic heterocycles. The first kappa shape index (κ1) is 22.8. The zero-order valence-corrected chi connectivity index (χ0v) is 20.5. The molecule has 1 N–H and O–H groups in total. The maximum atomic E-state index is 13.1. The number of carbonyl (C=O) groups excluding carboxylic acids is 2. The number of benzene rings is 3. The predicted octanol–water partition coefficient (Wildman–Crippen LogP) is 6.38. The van der Waals surface area contributed by atoms with Gasteiger partial charge in [-0.2, -0.15) is 4.98 Å². The number of aromatic nitrogens is 2. The lowest BCUT2D eigenvalue weighted by molar-refractivity contribution is 0.0981. The summed E-state index contributed by atoms with van der Waals surface area (Å²) in [6, 6.07) is 23.8. The molecule has 1 aliphatic rings. The molecule has 0 bridgehead atoms. The van der Waals surface area contributed by atoms with Gasteiger partial charge in [0.2, 0.25) is 5.82 Å². The Balaban J connectivity index is 1.26. The van der Waals surface area contributed by atoms with Crippen LogP contribution in [0.25, 0.3) is 22.8 Å². The molecule has 0 radical (unpaired) electrons. The highest BCUT2D eigenvalue weighted by atomic mass is 32.2. The molecule has 3 aromatic carbocycles. The molecule has 0 saturated heterocycles. The average Bonchev–Trinajstić information content (AvgIpc) is 3.62. The van der Waals surface area contributed by atoms with Gasteiger partial charge in [0.1, 0.15) is 0 Å². The lowest BCUT2D eigenvalue weighted by atomic mass is 10.1. The van der Waals surface area contributed by atoms with Crippen molar-refractivity contribution in [1.29, 1.82) is 0 Å². The Labute approximate surface area is 216 Å². The molecule has 6 rings (SSSR count). The van der Waals surface area contributed by atoms with Gasteiger partial charge in [-0.1, -0.05) is 29.1 Å². The van der Waals surface area contributed by atoms with Crippen molar-refractivity contribution in [2.45, 2.75) is 16.7 Å². The van der Waals surface area contributed by atoms with Crippen molar-refractivity contribution >= 4 is 35.0 Å². The van der Waals surface area contributed by atoms with Crippen LogP contribution in [0.5, 0.6) is 0 Å². The first-order valence-corrected chi connectivity index (χ1v) is 12.4. The van der Waals surface area contributed by atoms with Crippen LogP contribution in [0.4, 0.5) is 11.4 Å². The minimum absolute atomic E-state index is 0.0113.